The number of esters is 1. The third-order valence-corrected chi connectivity index (χ3v) is 5.65. The Kier molecular flexibility index (Phi) is 8.47. The van der Waals surface area contributed by atoms with Gasteiger partial charge in [-0.3, -0.25) is 14.4 Å². The quantitative estimate of drug-likeness (QED) is 0.426. The second-order valence-electron chi connectivity index (χ2n) is 7.60. The van der Waals surface area contributed by atoms with Crippen molar-refractivity contribution in [2.75, 3.05) is 5.32 Å². The molecule has 0 radical (unpaired) electrons. The highest BCUT2D eigenvalue weighted by molar-refractivity contribution is 6.35. The maximum absolute atomic E-state index is 13.0. The van der Waals surface area contributed by atoms with E-state index < -0.39 is 18.0 Å². The van der Waals surface area contributed by atoms with Crippen LogP contribution in [0.2, 0.25) is 10.0 Å². The predicted octanol–water partition coefficient (Wildman–Crippen LogP) is 5.01. The van der Waals surface area contributed by atoms with E-state index in [0.717, 1.165) is 18.4 Å². The number of anilines is 1. The van der Waals surface area contributed by atoms with Gasteiger partial charge in [-0.1, -0.05) is 48.7 Å². The Hall–Kier alpha value is -2.90. The molecule has 0 aliphatic carbocycles. The topological polar surface area (TPSA) is 90.3 Å². The molecule has 1 amide bonds. The maximum atomic E-state index is 13.0. The van der Waals surface area contributed by atoms with Gasteiger partial charge in [-0.2, -0.15) is 0 Å². The van der Waals surface area contributed by atoms with Crippen LogP contribution in [-0.4, -0.2) is 27.5 Å². The molecule has 3 rings (SSSR count). The summed E-state index contributed by atoms with van der Waals surface area (Å²) < 4.78 is 6.94. The van der Waals surface area contributed by atoms with E-state index in [1.54, 1.807) is 16.7 Å². The van der Waals surface area contributed by atoms with E-state index in [2.05, 4.69) is 17.2 Å². The zero-order chi connectivity index (χ0) is 24.0. The SMILES string of the molecule is CCCCn1c(=O)c(CCC(=O)OC(C)C(=O)Nc2cc(Cl)ccc2Cl)nc2ccccc21. The Morgan fingerprint density at radius 2 is 1.94 bits per heavy atom. The van der Waals surface area contributed by atoms with Crippen LogP contribution in [0, 0.1) is 0 Å². The van der Waals surface area contributed by atoms with Gasteiger partial charge in [0.1, 0.15) is 5.69 Å². The highest BCUT2D eigenvalue weighted by Gasteiger charge is 2.20. The van der Waals surface area contributed by atoms with Crippen LogP contribution in [0.3, 0.4) is 0 Å². The van der Waals surface area contributed by atoms with Crippen molar-refractivity contribution < 1.29 is 14.3 Å². The van der Waals surface area contributed by atoms with E-state index >= 15 is 0 Å². The molecule has 1 N–H and O–H groups in total. The van der Waals surface area contributed by atoms with Crippen molar-refractivity contribution in [3.8, 4) is 0 Å². The Bertz CT molecular complexity index is 1230. The van der Waals surface area contributed by atoms with Gasteiger partial charge in [0.05, 0.1) is 28.2 Å². The number of benzene rings is 2. The molecule has 174 valence electrons. The number of para-hydroxylation sites is 2. The molecule has 0 bridgehead atoms. The number of fused-ring (bicyclic) bond motifs is 1. The van der Waals surface area contributed by atoms with Crippen LogP contribution in [0.25, 0.3) is 11.0 Å². The third-order valence-electron chi connectivity index (χ3n) is 5.08. The van der Waals surface area contributed by atoms with Crippen LogP contribution >= 0.6 is 23.2 Å². The highest BCUT2D eigenvalue weighted by atomic mass is 35.5. The number of nitrogens with one attached hydrogen (secondary N) is 1. The van der Waals surface area contributed by atoms with Crippen molar-refractivity contribution >= 4 is 51.8 Å². The van der Waals surface area contributed by atoms with Gasteiger partial charge in [-0.05, 0) is 43.7 Å². The lowest BCUT2D eigenvalue weighted by Gasteiger charge is -2.15. The molecule has 0 spiro atoms. The molecule has 1 unspecified atom stereocenters. The third kappa shape index (κ3) is 6.33. The molecule has 1 atom stereocenters. The van der Waals surface area contributed by atoms with Gasteiger partial charge in [-0.15, -0.1) is 0 Å². The summed E-state index contributed by atoms with van der Waals surface area (Å²) in [7, 11) is 0. The number of nitrogens with zero attached hydrogens (tertiary/aromatic N) is 2. The maximum Gasteiger partial charge on any atom is 0.306 e. The number of rotatable bonds is 9. The first-order valence-corrected chi connectivity index (χ1v) is 11.5. The number of carbonyl (C=O) groups excluding carboxylic acids is 2. The van der Waals surface area contributed by atoms with E-state index in [1.165, 1.54) is 13.0 Å². The summed E-state index contributed by atoms with van der Waals surface area (Å²) in [6.07, 6.45) is 0.787. The zero-order valence-corrected chi connectivity index (χ0v) is 19.9. The van der Waals surface area contributed by atoms with Crippen molar-refractivity contribution in [1.29, 1.82) is 0 Å². The molecule has 1 aromatic heterocycles. The van der Waals surface area contributed by atoms with Gasteiger partial charge >= 0.3 is 5.97 Å². The summed E-state index contributed by atoms with van der Waals surface area (Å²) in [4.78, 5) is 42.1. The van der Waals surface area contributed by atoms with Crippen LogP contribution in [0.4, 0.5) is 5.69 Å². The summed E-state index contributed by atoms with van der Waals surface area (Å²) in [6, 6.07) is 12.1. The molecule has 1 heterocycles. The van der Waals surface area contributed by atoms with Gasteiger partial charge in [0.25, 0.3) is 11.5 Å². The standard InChI is InChI=1S/C24H25Cl2N3O4/c1-3-4-13-29-21-8-6-5-7-18(21)27-19(24(29)32)11-12-22(30)33-15(2)23(31)28-20-14-16(25)9-10-17(20)26/h5-10,14-15H,3-4,11-13H2,1-2H3,(H,28,31). The zero-order valence-electron chi connectivity index (χ0n) is 18.4. The van der Waals surface area contributed by atoms with Gasteiger partial charge in [0.15, 0.2) is 6.10 Å². The van der Waals surface area contributed by atoms with Crippen LogP contribution in [0.15, 0.2) is 47.3 Å². The number of halogens is 2. The predicted molar refractivity (Wildman–Crippen MR) is 130 cm³/mol. The van der Waals surface area contributed by atoms with Gasteiger partial charge in [-0.25, -0.2) is 4.98 Å². The minimum atomic E-state index is -1.06. The number of aromatic nitrogens is 2. The van der Waals surface area contributed by atoms with Gasteiger partial charge in [0.2, 0.25) is 0 Å². The molecule has 0 saturated carbocycles. The number of ether oxygens (including phenoxy) is 1. The van der Waals surface area contributed by atoms with E-state index in [-0.39, 0.29) is 18.4 Å². The largest absolute Gasteiger partial charge is 0.453 e. The molecular weight excluding hydrogens is 465 g/mol. The van der Waals surface area contributed by atoms with Crippen LogP contribution in [-0.2, 0) is 27.3 Å². The first-order chi connectivity index (χ1) is 15.8. The Morgan fingerprint density at radius 1 is 1.18 bits per heavy atom. The van der Waals surface area contributed by atoms with Gasteiger partial charge in [0, 0.05) is 18.0 Å². The van der Waals surface area contributed by atoms with E-state index in [0.29, 0.717) is 33.5 Å². The normalized spacial score (nSPS) is 11.9. The lowest BCUT2D eigenvalue weighted by molar-refractivity contribution is -0.153. The second-order valence-corrected chi connectivity index (χ2v) is 8.45. The monoisotopic (exact) mass is 489 g/mol. The highest BCUT2D eigenvalue weighted by Crippen LogP contribution is 2.25. The average molecular weight is 490 g/mol. The summed E-state index contributed by atoms with van der Waals surface area (Å²) in [5, 5.41) is 3.31. The summed E-state index contributed by atoms with van der Waals surface area (Å²) >= 11 is 12.0. The summed E-state index contributed by atoms with van der Waals surface area (Å²) in [6.45, 7) is 4.10. The minimum absolute atomic E-state index is 0.0795. The fourth-order valence-electron chi connectivity index (χ4n) is 3.30. The van der Waals surface area contributed by atoms with E-state index in [1.807, 2.05) is 24.3 Å². The fraction of sp³-hybridized carbons (Fsp3) is 0.333. The molecule has 3 aromatic rings. The Balaban J connectivity index is 1.65. The number of carbonyl (C=O) groups is 2. The molecule has 2 aromatic carbocycles. The minimum Gasteiger partial charge on any atom is -0.453 e. The molecule has 0 fully saturated rings. The van der Waals surface area contributed by atoms with Crippen molar-refractivity contribution in [2.45, 2.75) is 52.2 Å². The number of hydrogen-bond donors (Lipinski definition) is 1. The Labute approximate surface area is 201 Å². The number of unbranched alkanes of at least 4 members (excludes halogenated alkanes) is 1. The fourth-order valence-corrected chi connectivity index (χ4v) is 3.64. The molecular formula is C24H25Cl2N3O4. The van der Waals surface area contributed by atoms with Gasteiger partial charge < -0.3 is 14.6 Å². The van der Waals surface area contributed by atoms with E-state index in [4.69, 9.17) is 27.9 Å². The molecule has 0 aliphatic heterocycles. The summed E-state index contributed by atoms with van der Waals surface area (Å²) in [5.74, 6) is -1.15. The van der Waals surface area contributed by atoms with Crippen LogP contribution in [0.1, 0.15) is 38.8 Å². The van der Waals surface area contributed by atoms with Crippen molar-refractivity contribution in [2.24, 2.45) is 0 Å². The number of aryl methyl sites for hydroxylation is 2. The molecule has 0 aliphatic rings. The number of amides is 1. The average Bonchev–Trinajstić information content (AvgIpc) is 2.79. The van der Waals surface area contributed by atoms with E-state index in [9.17, 15) is 14.4 Å². The van der Waals surface area contributed by atoms with Crippen molar-refractivity contribution in [3.05, 3.63) is 68.6 Å². The smallest absolute Gasteiger partial charge is 0.306 e. The molecule has 7 nitrogen and oxygen atoms in total. The summed E-state index contributed by atoms with van der Waals surface area (Å²) in [5.41, 5.74) is 1.88. The second kappa shape index (κ2) is 11.3. The lowest BCUT2D eigenvalue weighted by atomic mass is 10.2. The molecule has 33 heavy (non-hydrogen) atoms. The Morgan fingerprint density at radius 3 is 2.70 bits per heavy atom. The first-order valence-electron chi connectivity index (χ1n) is 10.7. The molecule has 0 saturated heterocycles. The number of hydrogen-bond acceptors (Lipinski definition) is 5. The first kappa shape index (κ1) is 24.7. The van der Waals surface area contributed by atoms with Crippen molar-refractivity contribution in [1.82, 2.24) is 9.55 Å². The van der Waals surface area contributed by atoms with Crippen LogP contribution in [0.5, 0.6) is 0 Å². The lowest BCUT2D eigenvalue weighted by Crippen LogP contribution is -2.31. The molecule has 9 heteroatoms. The van der Waals surface area contributed by atoms with Crippen molar-refractivity contribution in [3.63, 3.8) is 0 Å². The van der Waals surface area contributed by atoms with Crippen LogP contribution < -0.4 is 10.9 Å².